The molecule has 0 aliphatic carbocycles. The van der Waals surface area contributed by atoms with Gasteiger partial charge in [0.2, 0.25) is 5.88 Å². The molecule has 0 saturated carbocycles. The van der Waals surface area contributed by atoms with Gasteiger partial charge in [0, 0.05) is 12.6 Å². The molecule has 8 heteroatoms. The highest BCUT2D eigenvalue weighted by molar-refractivity contribution is 14.1. The highest BCUT2D eigenvalue weighted by atomic mass is 127. The first-order chi connectivity index (χ1) is 11.9. The van der Waals surface area contributed by atoms with Crippen LogP contribution in [0.15, 0.2) is 0 Å². The van der Waals surface area contributed by atoms with Crippen LogP contribution >= 0.6 is 22.6 Å². The second-order valence-electron chi connectivity index (χ2n) is 8.33. The van der Waals surface area contributed by atoms with Crippen molar-refractivity contribution in [3.8, 4) is 5.88 Å². The summed E-state index contributed by atoms with van der Waals surface area (Å²) in [7, 11) is -1.81. The third-order valence-electron chi connectivity index (χ3n) is 5.00. The van der Waals surface area contributed by atoms with Crippen LogP contribution < -0.4 is 10.1 Å². The van der Waals surface area contributed by atoms with Gasteiger partial charge in [-0.05, 0) is 61.5 Å². The maximum atomic E-state index is 9.27. The van der Waals surface area contributed by atoms with Gasteiger partial charge in [-0.2, -0.15) is 0 Å². The fourth-order valence-corrected chi connectivity index (χ4v) is 3.92. The summed E-state index contributed by atoms with van der Waals surface area (Å²) in [4.78, 5) is 0. The van der Waals surface area contributed by atoms with E-state index in [9.17, 15) is 5.11 Å². The molecule has 0 radical (unpaired) electrons. The smallest absolute Gasteiger partial charge is 0.246 e. The molecule has 26 heavy (non-hydrogen) atoms. The Labute approximate surface area is 173 Å². The summed E-state index contributed by atoms with van der Waals surface area (Å²) in [6, 6.07) is 0.136. The Morgan fingerprint density at radius 1 is 1.31 bits per heavy atom. The van der Waals surface area contributed by atoms with Gasteiger partial charge in [0.05, 0.1) is 35.1 Å². The van der Waals surface area contributed by atoms with Gasteiger partial charge in [-0.3, -0.25) is 4.68 Å². The van der Waals surface area contributed by atoms with Gasteiger partial charge in [-0.1, -0.05) is 20.8 Å². The number of halogens is 1. The van der Waals surface area contributed by atoms with Crippen LogP contribution in [-0.2, 0) is 11.0 Å². The minimum absolute atomic E-state index is 0.0310. The Morgan fingerprint density at radius 3 is 2.42 bits per heavy atom. The van der Waals surface area contributed by atoms with Crippen LogP contribution in [0.4, 0.5) is 0 Å². The molecule has 0 aliphatic heterocycles. The van der Waals surface area contributed by atoms with Gasteiger partial charge in [0.1, 0.15) is 0 Å². The summed E-state index contributed by atoms with van der Waals surface area (Å²) in [6.45, 7) is 19.3. The van der Waals surface area contributed by atoms with Crippen molar-refractivity contribution in [2.24, 2.45) is 0 Å². The standard InChI is InChI=1S/C18H36IN3O3Si/c1-9-24-17-16(19)15(10-20-13(2)11-23)22(21-17)14(3)12-25-26(7,8)18(4,5)6/h13-14,20,23H,9-12H2,1-8H3/t13-,14-/m0/s1. The normalized spacial score (nSPS) is 15.2. The summed E-state index contributed by atoms with van der Waals surface area (Å²) >= 11 is 2.29. The van der Waals surface area contributed by atoms with Gasteiger partial charge in [0.15, 0.2) is 8.32 Å². The first kappa shape index (κ1) is 23.9. The van der Waals surface area contributed by atoms with Crippen LogP contribution in [0.3, 0.4) is 0 Å². The molecule has 0 aliphatic rings. The number of hydrogen-bond donors (Lipinski definition) is 2. The molecule has 0 spiro atoms. The average Bonchev–Trinajstić information content (AvgIpc) is 2.86. The van der Waals surface area contributed by atoms with Crippen molar-refractivity contribution < 1.29 is 14.3 Å². The monoisotopic (exact) mass is 497 g/mol. The molecule has 2 atom stereocenters. The first-order valence-corrected chi connectivity index (χ1v) is 13.3. The number of rotatable bonds is 10. The number of aromatic nitrogens is 2. The van der Waals surface area contributed by atoms with Crippen LogP contribution in [0.1, 0.15) is 53.3 Å². The van der Waals surface area contributed by atoms with Crippen LogP contribution in [0.5, 0.6) is 5.88 Å². The Hall–Kier alpha value is -0.163. The number of hydrogen-bond acceptors (Lipinski definition) is 5. The lowest BCUT2D eigenvalue weighted by Gasteiger charge is -2.37. The van der Waals surface area contributed by atoms with Gasteiger partial charge >= 0.3 is 0 Å². The van der Waals surface area contributed by atoms with E-state index in [2.05, 4.69) is 73.8 Å². The molecule has 2 N–H and O–H groups in total. The fourth-order valence-electron chi connectivity index (χ4n) is 2.13. The van der Waals surface area contributed by atoms with Crippen molar-refractivity contribution in [1.29, 1.82) is 0 Å². The van der Waals surface area contributed by atoms with E-state index in [0.29, 0.717) is 25.6 Å². The third-order valence-corrected chi connectivity index (χ3v) is 10.6. The lowest BCUT2D eigenvalue weighted by molar-refractivity contribution is 0.222. The summed E-state index contributed by atoms with van der Waals surface area (Å²) < 4.78 is 15.1. The van der Waals surface area contributed by atoms with Gasteiger partial charge in [-0.15, -0.1) is 5.10 Å². The van der Waals surface area contributed by atoms with E-state index in [4.69, 9.17) is 9.16 Å². The maximum absolute atomic E-state index is 9.27. The van der Waals surface area contributed by atoms with Crippen LogP contribution in [-0.4, -0.2) is 49.1 Å². The van der Waals surface area contributed by atoms with Crippen LogP contribution in [0.2, 0.25) is 18.1 Å². The molecule has 1 aromatic heterocycles. The summed E-state index contributed by atoms with van der Waals surface area (Å²) in [5, 5.41) is 17.5. The lowest BCUT2D eigenvalue weighted by atomic mass is 10.2. The zero-order chi connectivity index (χ0) is 20.1. The highest BCUT2D eigenvalue weighted by Crippen LogP contribution is 2.37. The lowest BCUT2D eigenvalue weighted by Crippen LogP contribution is -2.42. The fraction of sp³-hybridized carbons (Fsp3) is 0.833. The van der Waals surface area contributed by atoms with E-state index in [0.717, 1.165) is 9.26 Å². The third kappa shape index (κ3) is 6.18. The average molecular weight is 497 g/mol. The number of nitrogens with one attached hydrogen (secondary N) is 1. The number of aliphatic hydroxyl groups excluding tert-OH is 1. The van der Waals surface area contributed by atoms with Crippen molar-refractivity contribution >= 4 is 30.9 Å². The Kier molecular flexibility index (Phi) is 9.05. The molecule has 6 nitrogen and oxygen atoms in total. The minimum atomic E-state index is -1.81. The van der Waals surface area contributed by atoms with E-state index >= 15 is 0 Å². The predicted molar refractivity (Wildman–Crippen MR) is 117 cm³/mol. The highest BCUT2D eigenvalue weighted by Gasteiger charge is 2.37. The SMILES string of the molecule is CCOc1nn([C@@H](C)CO[Si](C)(C)C(C)(C)C)c(CN[C@@H](C)CO)c1I. The van der Waals surface area contributed by atoms with Gasteiger partial charge < -0.3 is 19.6 Å². The van der Waals surface area contributed by atoms with E-state index in [1.165, 1.54) is 0 Å². The molecule has 1 aromatic rings. The minimum Gasteiger partial charge on any atom is -0.476 e. The molecule has 0 saturated heterocycles. The Balaban J connectivity index is 2.99. The number of ether oxygens (including phenoxy) is 1. The zero-order valence-corrected chi connectivity index (χ0v) is 20.7. The molecule has 152 valence electrons. The van der Waals surface area contributed by atoms with Crippen LogP contribution in [0.25, 0.3) is 0 Å². The van der Waals surface area contributed by atoms with E-state index in [1.807, 2.05) is 18.5 Å². The topological polar surface area (TPSA) is 68.5 Å². The largest absolute Gasteiger partial charge is 0.476 e. The first-order valence-electron chi connectivity index (χ1n) is 9.32. The molecule has 0 aromatic carbocycles. The van der Waals surface area contributed by atoms with E-state index < -0.39 is 8.32 Å². The van der Waals surface area contributed by atoms with Crippen molar-refractivity contribution in [3.63, 3.8) is 0 Å². The van der Waals surface area contributed by atoms with Crippen molar-refractivity contribution in [3.05, 3.63) is 9.26 Å². The molecule has 1 rings (SSSR count). The molecule has 0 fully saturated rings. The predicted octanol–water partition coefficient (Wildman–Crippen LogP) is 3.94. The molecule has 0 amide bonds. The molecular weight excluding hydrogens is 461 g/mol. The number of nitrogens with zero attached hydrogens (tertiary/aromatic N) is 2. The second-order valence-corrected chi connectivity index (χ2v) is 14.2. The molecule has 0 unspecified atom stereocenters. The summed E-state index contributed by atoms with van der Waals surface area (Å²) in [5.74, 6) is 0.667. The second kappa shape index (κ2) is 9.86. The Morgan fingerprint density at radius 2 is 1.92 bits per heavy atom. The summed E-state index contributed by atoms with van der Waals surface area (Å²) in [5.41, 5.74) is 1.07. The molecule has 0 bridgehead atoms. The van der Waals surface area contributed by atoms with E-state index in [-0.39, 0.29) is 23.7 Å². The zero-order valence-electron chi connectivity index (χ0n) is 17.5. The maximum Gasteiger partial charge on any atom is 0.246 e. The Bertz CT molecular complexity index is 573. The number of aliphatic hydroxyl groups is 1. The van der Waals surface area contributed by atoms with Crippen molar-refractivity contribution in [2.45, 2.75) is 78.3 Å². The molecule has 1 heterocycles. The summed E-state index contributed by atoms with van der Waals surface area (Å²) in [6.07, 6.45) is 0. The quantitative estimate of drug-likeness (QED) is 0.379. The van der Waals surface area contributed by atoms with Crippen molar-refractivity contribution in [2.75, 3.05) is 19.8 Å². The van der Waals surface area contributed by atoms with Crippen LogP contribution in [0, 0.1) is 3.57 Å². The molecular formula is C18H36IN3O3Si. The van der Waals surface area contributed by atoms with Gasteiger partial charge in [-0.25, -0.2) is 0 Å². The van der Waals surface area contributed by atoms with Crippen molar-refractivity contribution in [1.82, 2.24) is 15.1 Å². The van der Waals surface area contributed by atoms with Gasteiger partial charge in [0.25, 0.3) is 0 Å². The van der Waals surface area contributed by atoms with E-state index in [1.54, 1.807) is 0 Å².